The van der Waals surface area contributed by atoms with Gasteiger partial charge in [-0.25, -0.2) is 9.36 Å². The van der Waals surface area contributed by atoms with E-state index >= 15 is 0 Å². The zero-order valence-electron chi connectivity index (χ0n) is 16.5. The van der Waals surface area contributed by atoms with Gasteiger partial charge >= 0.3 is 0 Å². The maximum atomic E-state index is 5.46. The van der Waals surface area contributed by atoms with Crippen LogP contribution >= 0.6 is 12.2 Å². The molecule has 31 heavy (non-hydrogen) atoms. The molecule has 0 aliphatic rings. The van der Waals surface area contributed by atoms with Gasteiger partial charge in [0.25, 0.3) is 0 Å². The lowest BCUT2D eigenvalue weighted by molar-refractivity contribution is 0.864. The van der Waals surface area contributed by atoms with Gasteiger partial charge in [-0.05, 0) is 42.0 Å². The van der Waals surface area contributed by atoms with E-state index in [9.17, 15) is 0 Å². The summed E-state index contributed by atoms with van der Waals surface area (Å²) < 4.78 is 4.02. The number of rotatable bonds is 5. The molecule has 2 aromatic carbocycles. The highest BCUT2D eigenvalue weighted by molar-refractivity contribution is 7.71. The highest BCUT2D eigenvalue weighted by atomic mass is 32.1. The van der Waals surface area contributed by atoms with Gasteiger partial charge in [0, 0.05) is 29.7 Å². The molecule has 0 bridgehead atoms. The Morgan fingerprint density at radius 1 is 0.871 bits per heavy atom. The smallest absolute Gasteiger partial charge is 0.198 e. The second-order valence-electron chi connectivity index (χ2n) is 6.88. The van der Waals surface area contributed by atoms with Gasteiger partial charge in [0.1, 0.15) is 5.69 Å². The SMILES string of the molecule is S=c1[nH]c(-c2ccccc2)cn1/N=C/c1cn(-c2ccccc2)nc1-c1cccnc1. The van der Waals surface area contributed by atoms with Gasteiger partial charge in [0.2, 0.25) is 0 Å². The summed E-state index contributed by atoms with van der Waals surface area (Å²) in [5.41, 5.74) is 5.51. The van der Waals surface area contributed by atoms with E-state index in [-0.39, 0.29) is 0 Å². The van der Waals surface area contributed by atoms with Crippen molar-refractivity contribution in [2.45, 2.75) is 0 Å². The van der Waals surface area contributed by atoms with Crippen LogP contribution in [-0.4, -0.2) is 30.6 Å². The van der Waals surface area contributed by atoms with E-state index in [1.807, 2.05) is 89.9 Å². The van der Waals surface area contributed by atoms with Crippen LogP contribution < -0.4 is 0 Å². The lowest BCUT2D eigenvalue weighted by Gasteiger charge is -1.99. The van der Waals surface area contributed by atoms with Crippen molar-refractivity contribution in [3.63, 3.8) is 0 Å². The largest absolute Gasteiger partial charge is 0.329 e. The topological polar surface area (TPSA) is 63.8 Å². The number of nitrogens with one attached hydrogen (secondary N) is 1. The number of pyridine rings is 1. The number of para-hydroxylation sites is 1. The summed E-state index contributed by atoms with van der Waals surface area (Å²) in [6, 6.07) is 23.9. The van der Waals surface area contributed by atoms with Crippen LogP contribution in [0.3, 0.4) is 0 Å². The van der Waals surface area contributed by atoms with Crippen LogP contribution in [0.4, 0.5) is 0 Å². The second kappa shape index (κ2) is 8.33. The van der Waals surface area contributed by atoms with E-state index < -0.39 is 0 Å². The molecule has 0 atom stereocenters. The standard InChI is InChI=1S/C24H18N6S/c31-24-27-22(18-8-3-1-4-9-18)17-30(24)26-15-20-16-29(21-11-5-2-6-12-21)28-23(20)19-10-7-13-25-14-19/h1-17H,(H,27,31)/b26-15+. The quantitative estimate of drug-likeness (QED) is 0.307. The van der Waals surface area contributed by atoms with Crippen LogP contribution in [0.25, 0.3) is 28.2 Å². The van der Waals surface area contributed by atoms with E-state index in [4.69, 9.17) is 17.3 Å². The fraction of sp³-hybridized carbons (Fsp3) is 0. The van der Waals surface area contributed by atoms with E-state index in [1.54, 1.807) is 23.3 Å². The minimum absolute atomic E-state index is 0.522. The van der Waals surface area contributed by atoms with Gasteiger partial charge in [-0.3, -0.25) is 4.98 Å². The molecule has 7 heteroatoms. The third-order valence-electron chi connectivity index (χ3n) is 4.81. The number of hydrogen-bond donors (Lipinski definition) is 1. The zero-order valence-corrected chi connectivity index (χ0v) is 17.3. The summed E-state index contributed by atoms with van der Waals surface area (Å²) in [5, 5.41) is 9.38. The first-order valence-corrected chi connectivity index (χ1v) is 10.2. The zero-order chi connectivity index (χ0) is 21.0. The third kappa shape index (κ3) is 3.99. The molecular weight excluding hydrogens is 404 g/mol. The Labute approximate surface area is 184 Å². The second-order valence-corrected chi connectivity index (χ2v) is 7.27. The van der Waals surface area contributed by atoms with Gasteiger partial charge in [-0.15, -0.1) is 0 Å². The van der Waals surface area contributed by atoms with Crippen molar-refractivity contribution in [2.75, 3.05) is 0 Å². The molecule has 0 saturated carbocycles. The number of benzene rings is 2. The molecule has 0 fully saturated rings. The van der Waals surface area contributed by atoms with E-state index in [0.29, 0.717) is 4.77 Å². The Balaban J connectivity index is 1.54. The molecule has 0 saturated heterocycles. The predicted molar refractivity (Wildman–Crippen MR) is 125 cm³/mol. The summed E-state index contributed by atoms with van der Waals surface area (Å²) in [6.07, 6.45) is 9.16. The maximum Gasteiger partial charge on any atom is 0.198 e. The number of aromatic nitrogens is 5. The Kier molecular flexibility index (Phi) is 5.08. The number of hydrogen-bond acceptors (Lipinski definition) is 4. The highest BCUT2D eigenvalue weighted by Crippen LogP contribution is 2.22. The highest BCUT2D eigenvalue weighted by Gasteiger charge is 2.11. The van der Waals surface area contributed by atoms with E-state index in [2.05, 4.69) is 15.1 Å². The van der Waals surface area contributed by atoms with Gasteiger partial charge in [-0.1, -0.05) is 48.5 Å². The van der Waals surface area contributed by atoms with Crippen molar-refractivity contribution < 1.29 is 0 Å². The van der Waals surface area contributed by atoms with Crippen LogP contribution in [0, 0.1) is 4.77 Å². The first-order valence-electron chi connectivity index (χ1n) is 9.75. The molecule has 0 amide bonds. The number of aromatic amines is 1. The first kappa shape index (κ1) is 18.9. The monoisotopic (exact) mass is 422 g/mol. The molecule has 6 nitrogen and oxygen atoms in total. The average Bonchev–Trinajstić information content (AvgIpc) is 3.43. The molecule has 5 aromatic rings. The summed E-state index contributed by atoms with van der Waals surface area (Å²) in [7, 11) is 0. The number of imidazole rings is 1. The fourth-order valence-corrected chi connectivity index (χ4v) is 3.49. The van der Waals surface area contributed by atoms with Gasteiger partial charge < -0.3 is 4.98 Å². The average molecular weight is 423 g/mol. The molecule has 0 radical (unpaired) electrons. The van der Waals surface area contributed by atoms with Crippen molar-refractivity contribution in [3.05, 3.63) is 108 Å². The molecule has 5 rings (SSSR count). The normalized spacial score (nSPS) is 11.2. The summed E-state index contributed by atoms with van der Waals surface area (Å²) in [5.74, 6) is 0. The summed E-state index contributed by atoms with van der Waals surface area (Å²) in [4.78, 5) is 7.44. The van der Waals surface area contributed by atoms with E-state index in [1.165, 1.54) is 0 Å². The Hall–Kier alpha value is -4.10. The maximum absolute atomic E-state index is 5.46. The van der Waals surface area contributed by atoms with Crippen molar-refractivity contribution in [1.82, 2.24) is 24.4 Å². The molecule has 0 spiro atoms. The van der Waals surface area contributed by atoms with Crippen LogP contribution in [0.1, 0.15) is 5.56 Å². The minimum Gasteiger partial charge on any atom is -0.329 e. The molecule has 3 aromatic heterocycles. The van der Waals surface area contributed by atoms with Gasteiger partial charge in [0.05, 0.1) is 23.8 Å². The molecule has 150 valence electrons. The van der Waals surface area contributed by atoms with Gasteiger partial charge in [-0.2, -0.15) is 10.2 Å². The fourth-order valence-electron chi connectivity index (χ4n) is 3.28. The van der Waals surface area contributed by atoms with Crippen molar-refractivity contribution >= 4 is 18.4 Å². The predicted octanol–water partition coefficient (Wildman–Crippen LogP) is 5.34. The van der Waals surface area contributed by atoms with Crippen molar-refractivity contribution in [3.8, 4) is 28.2 Å². The summed E-state index contributed by atoms with van der Waals surface area (Å²) >= 11 is 5.46. The van der Waals surface area contributed by atoms with Crippen LogP contribution in [0.5, 0.6) is 0 Å². The number of H-pyrrole nitrogens is 1. The molecular formula is C24H18N6S. The van der Waals surface area contributed by atoms with Crippen LogP contribution in [-0.2, 0) is 0 Å². The molecule has 3 heterocycles. The Bertz CT molecular complexity index is 1380. The van der Waals surface area contributed by atoms with E-state index in [0.717, 1.165) is 33.8 Å². The molecule has 0 aliphatic heterocycles. The Morgan fingerprint density at radius 3 is 2.35 bits per heavy atom. The molecule has 0 aliphatic carbocycles. The summed E-state index contributed by atoms with van der Waals surface area (Å²) in [6.45, 7) is 0. The first-order chi connectivity index (χ1) is 15.3. The third-order valence-corrected chi connectivity index (χ3v) is 5.09. The molecule has 1 N–H and O–H groups in total. The number of nitrogens with zero attached hydrogens (tertiary/aromatic N) is 5. The van der Waals surface area contributed by atoms with Gasteiger partial charge in [0.15, 0.2) is 4.77 Å². The lowest BCUT2D eigenvalue weighted by Crippen LogP contribution is -1.94. The minimum atomic E-state index is 0.522. The Morgan fingerprint density at radius 2 is 1.61 bits per heavy atom. The van der Waals surface area contributed by atoms with Crippen molar-refractivity contribution in [1.29, 1.82) is 0 Å². The lowest BCUT2D eigenvalue weighted by atomic mass is 10.1. The van der Waals surface area contributed by atoms with Crippen LogP contribution in [0.15, 0.2) is 103 Å². The molecule has 0 unspecified atom stereocenters. The van der Waals surface area contributed by atoms with Crippen LogP contribution in [0.2, 0.25) is 0 Å². The van der Waals surface area contributed by atoms with Crippen molar-refractivity contribution in [2.24, 2.45) is 5.10 Å².